The number of carbonyl (C=O) groups is 2. The molecule has 0 aliphatic heterocycles. The fourth-order valence-electron chi connectivity index (χ4n) is 11.9. The summed E-state index contributed by atoms with van der Waals surface area (Å²) < 4.78 is 34.8. The highest BCUT2D eigenvalue weighted by Crippen LogP contribution is 2.43. The first-order valence-electron chi connectivity index (χ1n) is 41.0. The van der Waals surface area contributed by atoms with Gasteiger partial charge in [-0.05, 0) is 96.3 Å². The van der Waals surface area contributed by atoms with Gasteiger partial charge in [-0.15, -0.1) is 0 Å². The van der Waals surface area contributed by atoms with Crippen molar-refractivity contribution in [1.82, 2.24) is 0 Å². The van der Waals surface area contributed by atoms with Crippen LogP contribution in [0.3, 0.4) is 0 Å². The monoisotopic (exact) mass is 1360 g/mol. The molecule has 0 aliphatic carbocycles. The molecule has 0 aliphatic rings. The van der Waals surface area contributed by atoms with E-state index >= 15 is 0 Å². The van der Waals surface area contributed by atoms with E-state index in [-0.39, 0.29) is 25.6 Å². The summed E-state index contributed by atoms with van der Waals surface area (Å²) in [5.41, 5.74) is 0. The summed E-state index contributed by atoms with van der Waals surface area (Å²) in [7, 11) is 1.49. The number of hydrogen-bond acceptors (Lipinski definition) is 7. The van der Waals surface area contributed by atoms with E-state index in [1.54, 1.807) is 0 Å². The summed E-state index contributed by atoms with van der Waals surface area (Å²) in [6.45, 7) is 4.37. The first-order chi connectivity index (χ1) is 47.0. The van der Waals surface area contributed by atoms with Crippen molar-refractivity contribution in [1.29, 1.82) is 0 Å². The second kappa shape index (κ2) is 76.1. The first kappa shape index (κ1) is 92.9. The molecule has 558 valence electrons. The van der Waals surface area contributed by atoms with E-state index in [0.717, 1.165) is 77.0 Å². The van der Waals surface area contributed by atoms with Crippen molar-refractivity contribution in [3.05, 3.63) is 97.2 Å². The zero-order valence-corrected chi connectivity index (χ0v) is 64.7. The Labute approximate surface area is 595 Å². The highest BCUT2D eigenvalue weighted by Gasteiger charge is 2.27. The van der Waals surface area contributed by atoms with Crippen molar-refractivity contribution in [2.24, 2.45) is 0 Å². The van der Waals surface area contributed by atoms with Gasteiger partial charge >= 0.3 is 19.8 Å². The lowest BCUT2D eigenvalue weighted by Gasteiger charge is -2.24. The van der Waals surface area contributed by atoms with Gasteiger partial charge in [0.25, 0.3) is 0 Å². The van der Waals surface area contributed by atoms with Gasteiger partial charge in [0.15, 0.2) is 6.10 Å². The van der Waals surface area contributed by atoms with E-state index < -0.39 is 26.5 Å². The fraction of sp³-hybridized carbons (Fsp3) is 0.791. The molecule has 0 saturated carbocycles. The van der Waals surface area contributed by atoms with E-state index in [1.165, 1.54) is 276 Å². The molecule has 2 unspecified atom stereocenters. The van der Waals surface area contributed by atoms with Gasteiger partial charge in [0.05, 0.1) is 27.7 Å². The standard InChI is InChI=1S/C86H156NO8P/c1-6-8-10-12-14-16-18-20-22-24-26-28-30-32-34-36-38-39-40-41-42-43-44-45-46-47-49-51-53-55-57-59-61-63-65-67-69-71-73-75-77-79-86(89)95-84(83-94-96(90,91)93-81-80-87(3,4)5)82-92-85(88)78-76-74-72-70-68-66-64-62-60-58-56-54-52-50-48-37-35-33-31-29-27-25-23-21-19-17-15-13-11-9-7-2/h8,10,14,16,19-22,25-28,32,34,38-39,84H,6-7,9,11-13,15,17-18,23-24,29-31,33,35-37,40-83H2,1-5H3/p+1/b10-8-,16-14-,21-19-,22-20-,27-25-,28-26-,34-32-,39-38-. The van der Waals surface area contributed by atoms with Crippen molar-refractivity contribution in [2.45, 2.75) is 392 Å². The predicted octanol–water partition coefficient (Wildman–Crippen LogP) is 27.4. The summed E-state index contributed by atoms with van der Waals surface area (Å²) >= 11 is 0. The summed E-state index contributed by atoms with van der Waals surface area (Å²) in [5.74, 6) is -0.778. The second-order valence-corrected chi connectivity index (χ2v) is 30.2. The SMILES string of the molecule is CC/C=C\C/C=C\C/C=C\C/C=C\C/C=C\C/C=C\CCCCCCCCCCCCCCCCCCCCCCCCC(=O)OC(COC(=O)CCCCCCCCCCCCCCCCCCCCC/C=C\C/C=C\CCCCCCC)COP(=O)(O)OCC[N+](C)(C)C. The van der Waals surface area contributed by atoms with Crippen LogP contribution in [0.25, 0.3) is 0 Å². The number of unbranched alkanes of at least 4 members (excludes halogenated alkanes) is 46. The quantitative estimate of drug-likeness (QED) is 0.0211. The van der Waals surface area contributed by atoms with Crippen LogP contribution >= 0.6 is 7.82 Å². The Balaban J connectivity index is 3.91. The van der Waals surface area contributed by atoms with Crippen molar-refractivity contribution in [2.75, 3.05) is 47.5 Å². The number of nitrogens with zero attached hydrogens (tertiary/aromatic N) is 1. The zero-order chi connectivity index (χ0) is 69.7. The molecule has 2 atom stereocenters. The third kappa shape index (κ3) is 79.9. The van der Waals surface area contributed by atoms with Crippen molar-refractivity contribution in [3.63, 3.8) is 0 Å². The molecule has 0 aromatic carbocycles. The Morgan fingerprint density at radius 3 is 0.885 bits per heavy atom. The molecule has 0 saturated heterocycles. The summed E-state index contributed by atoms with van der Waals surface area (Å²) in [6.07, 6.45) is 107. The van der Waals surface area contributed by atoms with Crippen LogP contribution in [-0.4, -0.2) is 74.9 Å². The van der Waals surface area contributed by atoms with E-state index in [4.69, 9.17) is 18.5 Å². The number of phosphoric acid groups is 1. The maximum Gasteiger partial charge on any atom is 0.472 e. The van der Waals surface area contributed by atoms with Gasteiger partial charge in [0.1, 0.15) is 19.8 Å². The number of rotatable bonds is 76. The van der Waals surface area contributed by atoms with E-state index in [0.29, 0.717) is 23.9 Å². The van der Waals surface area contributed by atoms with Crippen LogP contribution < -0.4 is 0 Å². The molecule has 9 nitrogen and oxygen atoms in total. The Bertz CT molecular complexity index is 1940. The minimum absolute atomic E-state index is 0.0323. The molecule has 0 spiro atoms. The number of hydrogen-bond donors (Lipinski definition) is 1. The largest absolute Gasteiger partial charge is 0.472 e. The molecule has 0 aromatic heterocycles. The van der Waals surface area contributed by atoms with Crippen LogP contribution in [0.5, 0.6) is 0 Å². The van der Waals surface area contributed by atoms with Crippen LogP contribution in [0.15, 0.2) is 97.2 Å². The van der Waals surface area contributed by atoms with Crippen LogP contribution in [0, 0.1) is 0 Å². The average molecular weight is 1360 g/mol. The Morgan fingerprint density at radius 2 is 0.594 bits per heavy atom. The molecule has 0 rings (SSSR count). The lowest BCUT2D eigenvalue weighted by Crippen LogP contribution is -2.37. The van der Waals surface area contributed by atoms with Gasteiger partial charge in [-0.1, -0.05) is 374 Å². The predicted molar refractivity (Wildman–Crippen MR) is 418 cm³/mol. The maximum absolute atomic E-state index is 12.9. The molecular weight excluding hydrogens is 1210 g/mol. The first-order valence-corrected chi connectivity index (χ1v) is 42.5. The number of quaternary nitrogens is 1. The van der Waals surface area contributed by atoms with Gasteiger partial charge in [-0.2, -0.15) is 0 Å². The molecule has 1 N–H and O–H groups in total. The van der Waals surface area contributed by atoms with Gasteiger partial charge in [0.2, 0.25) is 0 Å². The minimum atomic E-state index is -4.40. The van der Waals surface area contributed by atoms with E-state index in [2.05, 4.69) is 111 Å². The molecule has 0 fully saturated rings. The zero-order valence-electron chi connectivity index (χ0n) is 63.9. The van der Waals surface area contributed by atoms with Crippen molar-refractivity contribution < 1.29 is 42.1 Å². The maximum atomic E-state index is 12.9. The lowest BCUT2D eigenvalue weighted by molar-refractivity contribution is -0.870. The van der Waals surface area contributed by atoms with Crippen molar-refractivity contribution in [3.8, 4) is 0 Å². The molecule has 0 radical (unpaired) electrons. The van der Waals surface area contributed by atoms with Crippen LogP contribution in [0.2, 0.25) is 0 Å². The van der Waals surface area contributed by atoms with Gasteiger partial charge in [0, 0.05) is 12.8 Å². The van der Waals surface area contributed by atoms with E-state index in [1.807, 2.05) is 21.1 Å². The Morgan fingerprint density at radius 1 is 0.333 bits per heavy atom. The molecule has 0 aromatic rings. The molecular formula is C86H157NO8P+. The minimum Gasteiger partial charge on any atom is -0.462 e. The van der Waals surface area contributed by atoms with Gasteiger partial charge < -0.3 is 18.9 Å². The lowest BCUT2D eigenvalue weighted by atomic mass is 10.0. The van der Waals surface area contributed by atoms with Crippen LogP contribution in [0.1, 0.15) is 386 Å². The number of carbonyl (C=O) groups excluding carboxylic acids is 2. The third-order valence-corrected chi connectivity index (χ3v) is 19.1. The summed E-state index contributed by atoms with van der Waals surface area (Å²) in [5, 5.41) is 0. The molecule has 96 heavy (non-hydrogen) atoms. The van der Waals surface area contributed by atoms with Crippen LogP contribution in [0.4, 0.5) is 0 Å². The normalized spacial score (nSPS) is 13.5. The number of likely N-dealkylation sites (N-methyl/N-ethyl adjacent to an activating group) is 1. The number of phosphoric ester groups is 1. The number of esters is 2. The second-order valence-electron chi connectivity index (χ2n) is 28.8. The Kier molecular flexibility index (Phi) is 73.7. The summed E-state index contributed by atoms with van der Waals surface area (Å²) in [4.78, 5) is 36.0. The number of allylic oxidation sites excluding steroid dienone is 16. The summed E-state index contributed by atoms with van der Waals surface area (Å²) in [6, 6.07) is 0. The average Bonchev–Trinajstić information content (AvgIpc) is 2.54. The van der Waals surface area contributed by atoms with Gasteiger partial charge in [-0.25, -0.2) is 4.57 Å². The highest BCUT2D eigenvalue weighted by molar-refractivity contribution is 7.47. The molecule has 10 heteroatoms. The van der Waals surface area contributed by atoms with Gasteiger partial charge in [-0.3, -0.25) is 18.6 Å². The third-order valence-electron chi connectivity index (χ3n) is 18.1. The fourth-order valence-corrected chi connectivity index (χ4v) is 12.6. The number of ether oxygens (including phenoxy) is 2. The smallest absolute Gasteiger partial charge is 0.462 e. The highest BCUT2D eigenvalue weighted by atomic mass is 31.2. The molecule has 0 amide bonds. The van der Waals surface area contributed by atoms with E-state index in [9.17, 15) is 19.0 Å². The Hall–Kier alpha value is -3.07. The van der Waals surface area contributed by atoms with Crippen LogP contribution in [-0.2, 0) is 32.7 Å². The molecule has 0 bridgehead atoms. The molecule has 0 heterocycles. The van der Waals surface area contributed by atoms with Crippen molar-refractivity contribution >= 4 is 19.8 Å². The topological polar surface area (TPSA) is 108 Å².